The highest BCUT2D eigenvalue weighted by Gasteiger charge is 2.49. The van der Waals surface area contributed by atoms with E-state index in [9.17, 15) is 48.4 Å². The molecule has 0 bridgehead atoms. The van der Waals surface area contributed by atoms with Gasteiger partial charge in [0, 0.05) is 149 Å². The predicted octanol–water partition coefficient (Wildman–Crippen LogP) is 10.6. The fourth-order valence-corrected chi connectivity index (χ4v) is 21.3. The molecule has 676 valence electrons. The molecule has 131 heavy (non-hydrogen) atoms. The number of aryl methyl sites for hydroxylation is 2. The average Bonchev–Trinajstić information content (AvgIpc) is 1.74. The molecule has 2 unspecified atom stereocenters. The number of carbonyl (C=O) groups is 5. The van der Waals surface area contributed by atoms with Gasteiger partial charge in [-0.3, -0.25) is 24.0 Å². The van der Waals surface area contributed by atoms with Crippen LogP contribution in [0.5, 0.6) is 18.0 Å². The molecule has 9 aliphatic heterocycles. The lowest BCUT2D eigenvalue weighted by molar-refractivity contribution is -0.132. The molecule has 6 saturated heterocycles. The van der Waals surface area contributed by atoms with Crippen LogP contribution in [-0.4, -0.2) is 250 Å². The van der Waals surface area contributed by atoms with Crippen molar-refractivity contribution < 1.29 is 56.5 Å². The highest BCUT2D eigenvalue weighted by atomic mass is 35.5. The Morgan fingerprint density at radius 2 is 0.931 bits per heavy atom. The molecule has 9 aliphatic rings. The quantitative estimate of drug-likeness (QED) is 0.0562. The minimum absolute atomic E-state index is 0.0353. The smallest absolute Gasteiger partial charge is 0.318 e. The lowest BCUT2D eigenvalue weighted by Crippen LogP contribution is -2.55. The minimum atomic E-state index is -1.35. The number of anilines is 6. The third-order valence-corrected chi connectivity index (χ3v) is 28.1. The second-order valence-corrected chi connectivity index (χ2v) is 35.9. The summed E-state index contributed by atoms with van der Waals surface area (Å²) < 4.78 is 63.5. The third kappa shape index (κ3) is 17.1. The van der Waals surface area contributed by atoms with E-state index in [1.807, 2.05) is 70.2 Å². The lowest BCUT2D eigenvalue weighted by atomic mass is 9.90. The second kappa shape index (κ2) is 36.8. The number of hydrogen-bond donors (Lipinski definition) is 2. The van der Waals surface area contributed by atoms with Crippen molar-refractivity contribution in [3.8, 4) is 36.2 Å². The van der Waals surface area contributed by atoms with Crippen LogP contribution in [0.3, 0.4) is 0 Å². The Kier molecular flexibility index (Phi) is 24.8. The Balaban J connectivity index is 0.625. The summed E-state index contributed by atoms with van der Waals surface area (Å²) >= 11 is 7.21. The molecule has 30 nitrogen and oxygen atoms in total. The van der Waals surface area contributed by atoms with Gasteiger partial charge in [0.25, 0.3) is 17.7 Å². The number of piperazine rings is 3. The van der Waals surface area contributed by atoms with E-state index in [2.05, 4.69) is 107 Å². The summed E-state index contributed by atoms with van der Waals surface area (Å²) in [5.41, 5.74) is 10.5. The molecule has 0 spiro atoms. The molecule has 18 rings (SSSR count). The van der Waals surface area contributed by atoms with Gasteiger partial charge in [0.05, 0.1) is 127 Å². The van der Waals surface area contributed by atoms with Gasteiger partial charge in [0.2, 0.25) is 11.8 Å². The number of hydrogen-bond acceptors (Lipinski definition) is 25. The minimum Gasteiger partial charge on any atom is -0.462 e. The monoisotopic (exact) mass is 1800 g/mol. The molecule has 12 heterocycles. The van der Waals surface area contributed by atoms with Gasteiger partial charge >= 0.3 is 18.0 Å². The van der Waals surface area contributed by atoms with Crippen molar-refractivity contribution in [2.75, 3.05) is 148 Å². The van der Waals surface area contributed by atoms with Crippen molar-refractivity contribution in [3.63, 3.8) is 0 Å². The first kappa shape index (κ1) is 88.2. The highest BCUT2D eigenvalue weighted by molar-refractivity contribution is 6.36. The largest absolute Gasteiger partial charge is 0.462 e. The van der Waals surface area contributed by atoms with Gasteiger partial charge in [-0.05, 0) is 122 Å². The van der Waals surface area contributed by atoms with E-state index in [1.54, 1.807) is 25.1 Å². The summed E-state index contributed by atoms with van der Waals surface area (Å²) in [6.07, 6.45) is 2.11. The van der Waals surface area contributed by atoms with Gasteiger partial charge in [-0.2, -0.15) is 45.7 Å². The molecule has 9 atom stereocenters. The van der Waals surface area contributed by atoms with Crippen LogP contribution < -0.4 is 48.9 Å². The number of carbonyl (C=O) groups excluding carboxylic acids is 5. The number of nitrogens with zero attached hydrogens (tertiary/aromatic N) is 20. The molecule has 6 aromatic carbocycles. The fraction of sp³-hybridized carbons (Fsp3) is 0.423. The fourth-order valence-electron chi connectivity index (χ4n) is 21.0. The molecule has 34 heteroatoms. The van der Waals surface area contributed by atoms with Gasteiger partial charge < -0.3 is 78.5 Å². The average molecular weight is 1800 g/mol. The van der Waals surface area contributed by atoms with Crippen LogP contribution in [0.15, 0.2) is 134 Å². The van der Waals surface area contributed by atoms with Crippen molar-refractivity contribution in [2.45, 2.75) is 145 Å². The van der Waals surface area contributed by atoms with Crippen LogP contribution in [0.2, 0.25) is 5.02 Å². The topological polar surface area (TPSA) is 330 Å². The van der Waals surface area contributed by atoms with Crippen LogP contribution in [0, 0.1) is 47.8 Å². The maximum Gasteiger partial charge on any atom is 0.318 e. The number of ether oxygens (including phenoxy) is 3. The highest BCUT2D eigenvalue weighted by Crippen LogP contribution is 2.47. The number of nitriles is 3. The van der Waals surface area contributed by atoms with Crippen LogP contribution in [0.4, 0.5) is 47.7 Å². The standard InChI is InChI=1S/C97H101ClF3N21O9/c1-55-13-8-15-60-16-11-21-78(82(55)60)114-32-25-70-75(49-114)107-96(110-88(70)118-36-39-121(91(125)58(4)100)67(47-118)23-29-103)130-53-69-45-73(93(127)112(69)6)63-41-61-17-9-14-56(2)83(61)79(43-63)115-33-26-71-76(50-115)108-97(111-89(71)119-37-40-122(92(126)59(5)101)68(48-119)24-30-104)131-54-81-86(123)85(94(128)113(81)7)64-42-62-18-10-20-74(98)84(62)80(44-64)116-34-27-72-77(51-116)106-95(129-52-65-19-12-31-105-65)109-87(72)117-35-38-120(90(124)57(3)99)66(46-117)22-28-102/h8-11,13-18,20-21,41-44,65-69,73,81,85-86,105,123H,3-5,12,19,22-27,31-40,45-54H2,1-2,6-7H3/t65-,66-,67-,68-,69-,73?,81+,85?,86-/m0/s1. The first-order valence-electron chi connectivity index (χ1n) is 44.6. The normalized spacial score (nSPS) is 22.1. The van der Waals surface area contributed by atoms with Crippen molar-refractivity contribution >= 4 is 108 Å². The van der Waals surface area contributed by atoms with Gasteiger partial charge in [0.15, 0.2) is 17.5 Å². The summed E-state index contributed by atoms with van der Waals surface area (Å²) in [4.78, 5) is 120. The van der Waals surface area contributed by atoms with Crippen LogP contribution in [-0.2, 0) is 62.9 Å². The number of likely N-dealkylation sites (tertiary alicyclic amines) is 2. The SMILES string of the molecule is C=C(F)C(=O)N1CCN(c2nc(OC[C@@H]3CC(c4cc(N5CCc6c(nc(OC[C@@H]7[C@H](O)C(c8cc(N9CCc%10c(nc(OC[C@@H]%11CCCN%11)nc%10N%10CCN(C(=O)C(=C)F)[C@@H](CC#N)C%10)C9)c9c(Cl)cccc9c8)C(=O)N7C)nc6N6CCN(C(=O)C(=C)F)[C@@H](CC#N)C6)C5)c5c(C)cccc5c4)C(=O)N3C)nc3c2CCN(c2cccc4cccc(C)c24)C3)C[C@@H]1CC#N. The molecule has 0 radical (unpaired) electrons. The summed E-state index contributed by atoms with van der Waals surface area (Å²) in [5.74, 6) is -6.52. The Morgan fingerprint density at radius 3 is 1.41 bits per heavy atom. The number of aliphatic hydroxyl groups excluding tert-OH is 1. The van der Waals surface area contributed by atoms with Crippen molar-refractivity contribution in [1.82, 2.24) is 59.7 Å². The van der Waals surface area contributed by atoms with E-state index in [-0.39, 0.29) is 134 Å². The number of halogens is 4. The number of aliphatic hydroxyl groups is 1. The molecular formula is C97H101ClF3N21O9. The number of amides is 5. The van der Waals surface area contributed by atoms with E-state index in [4.69, 9.17) is 55.7 Å². The number of aromatic nitrogens is 6. The first-order chi connectivity index (χ1) is 63.3. The number of fused-ring (bicyclic) bond motifs is 6. The Bertz CT molecular complexity index is 6270. The van der Waals surface area contributed by atoms with E-state index in [0.29, 0.717) is 121 Å². The van der Waals surface area contributed by atoms with Crippen LogP contribution in [0.25, 0.3) is 32.3 Å². The number of nitrogens with one attached hydrogen (secondary N) is 1. The maximum absolute atomic E-state index is 15.1. The zero-order valence-corrected chi connectivity index (χ0v) is 74.3. The third-order valence-electron chi connectivity index (χ3n) is 27.8. The van der Waals surface area contributed by atoms with Gasteiger partial charge in [0.1, 0.15) is 37.3 Å². The van der Waals surface area contributed by atoms with E-state index >= 15 is 9.59 Å². The van der Waals surface area contributed by atoms with Crippen molar-refractivity contribution in [3.05, 3.63) is 195 Å². The molecule has 5 amide bonds. The maximum atomic E-state index is 15.1. The van der Waals surface area contributed by atoms with E-state index in [0.717, 1.165) is 91.4 Å². The van der Waals surface area contributed by atoms with Crippen LogP contribution >= 0.6 is 11.6 Å². The summed E-state index contributed by atoms with van der Waals surface area (Å²) in [7, 11) is 3.39. The molecule has 9 aromatic rings. The zero-order valence-electron chi connectivity index (χ0n) is 73.5. The molecular weight excluding hydrogens is 1700 g/mol. The Hall–Kier alpha value is -13.4. The van der Waals surface area contributed by atoms with Gasteiger partial charge in [-0.1, -0.05) is 104 Å². The number of benzene rings is 6. The van der Waals surface area contributed by atoms with Crippen LogP contribution in [0.1, 0.15) is 106 Å². The predicted molar refractivity (Wildman–Crippen MR) is 488 cm³/mol. The van der Waals surface area contributed by atoms with E-state index in [1.165, 1.54) is 19.6 Å². The zero-order chi connectivity index (χ0) is 91.5. The van der Waals surface area contributed by atoms with Gasteiger partial charge in [-0.15, -0.1) is 0 Å². The Morgan fingerprint density at radius 1 is 0.504 bits per heavy atom. The number of likely N-dealkylation sites (N-methyl/N-ethyl adjacent to an activating group) is 2. The lowest BCUT2D eigenvalue weighted by Gasteiger charge is -2.42. The second-order valence-electron chi connectivity index (χ2n) is 35.5. The number of rotatable bonds is 23. The molecule has 0 aliphatic carbocycles. The van der Waals surface area contributed by atoms with Crippen molar-refractivity contribution in [2.24, 2.45) is 0 Å². The summed E-state index contributed by atoms with van der Waals surface area (Å²) in [6.45, 7) is 18.8. The molecule has 6 fully saturated rings. The Labute approximate surface area is 761 Å². The molecule has 3 aromatic heterocycles. The van der Waals surface area contributed by atoms with Gasteiger partial charge in [-0.25, -0.2) is 13.2 Å². The van der Waals surface area contributed by atoms with E-state index < -0.39 is 83.4 Å². The molecule has 2 N–H and O–H groups in total. The molecule has 0 saturated carbocycles. The first-order valence-corrected chi connectivity index (χ1v) is 45.0. The summed E-state index contributed by atoms with van der Waals surface area (Å²) in [6, 6.07) is 35.4. The summed E-state index contributed by atoms with van der Waals surface area (Å²) in [5, 5.41) is 52.4. The van der Waals surface area contributed by atoms with Crippen molar-refractivity contribution in [1.29, 1.82) is 15.8 Å².